The standard InChI is InChI=1S/C24H25FN6O5S/c1-14-20-21(32)30(26-2)24(33)29(23(20)37-22(14)31-27-8-9-28-31)13-19(36-16-6-10-35-11-7-16)17-12-15(25)4-5-18(17)34-3/h4-5,8-9,12-13,16,26H,6-7,10-11H2,1-3H3. The second-order valence-corrected chi connectivity index (χ2v) is 9.29. The van der Waals surface area contributed by atoms with Crippen molar-refractivity contribution in [3.8, 4) is 10.8 Å². The van der Waals surface area contributed by atoms with Crippen LogP contribution < -0.4 is 21.4 Å². The van der Waals surface area contributed by atoms with Crippen LogP contribution in [0, 0.1) is 12.7 Å². The Labute approximate surface area is 214 Å². The molecule has 0 aliphatic carbocycles. The van der Waals surface area contributed by atoms with Crippen LogP contribution in [0.15, 0.2) is 40.2 Å². The average molecular weight is 529 g/mol. The molecular formula is C24H25FN6O5S. The first kappa shape index (κ1) is 24.7. The molecule has 13 heteroatoms. The quantitative estimate of drug-likeness (QED) is 0.364. The highest BCUT2D eigenvalue weighted by molar-refractivity contribution is 7.21. The molecule has 0 bridgehead atoms. The van der Waals surface area contributed by atoms with Crippen molar-refractivity contribution >= 4 is 33.5 Å². The molecule has 0 saturated carbocycles. The van der Waals surface area contributed by atoms with Crippen molar-refractivity contribution in [2.75, 3.05) is 32.8 Å². The number of nitrogens with zero attached hydrogens (tertiary/aromatic N) is 5. The molecule has 1 saturated heterocycles. The van der Waals surface area contributed by atoms with Crippen LogP contribution in [0.25, 0.3) is 27.2 Å². The molecule has 4 aromatic rings. The van der Waals surface area contributed by atoms with Gasteiger partial charge in [-0.15, -0.1) is 4.80 Å². The lowest BCUT2D eigenvalue weighted by molar-refractivity contribution is 0.0139. The Kier molecular flexibility index (Phi) is 6.80. The number of benzene rings is 1. The smallest absolute Gasteiger partial charge is 0.355 e. The maximum Gasteiger partial charge on any atom is 0.355 e. The summed E-state index contributed by atoms with van der Waals surface area (Å²) in [5.41, 5.74) is 2.45. The lowest BCUT2D eigenvalue weighted by Gasteiger charge is -2.25. The Bertz CT molecular complexity index is 1580. The van der Waals surface area contributed by atoms with E-state index < -0.39 is 17.1 Å². The number of rotatable bonds is 7. The number of hydrogen-bond donors (Lipinski definition) is 1. The van der Waals surface area contributed by atoms with Crippen molar-refractivity contribution in [3.63, 3.8) is 0 Å². The minimum Gasteiger partial charge on any atom is -0.496 e. The van der Waals surface area contributed by atoms with Crippen LogP contribution in [0.1, 0.15) is 24.0 Å². The highest BCUT2D eigenvalue weighted by Gasteiger charge is 2.24. The van der Waals surface area contributed by atoms with Gasteiger partial charge in [0.05, 0.1) is 49.9 Å². The zero-order valence-electron chi connectivity index (χ0n) is 20.4. The number of fused-ring (bicyclic) bond motifs is 1. The Morgan fingerprint density at radius 1 is 1.24 bits per heavy atom. The number of aromatic nitrogens is 5. The van der Waals surface area contributed by atoms with Crippen LogP contribution in [0.2, 0.25) is 0 Å². The summed E-state index contributed by atoms with van der Waals surface area (Å²) < 4.78 is 33.9. The third-order valence-corrected chi connectivity index (χ3v) is 7.35. The van der Waals surface area contributed by atoms with Gasteiger partial charge in [0.25, 0.3) is 5.56 Å². The van der Waals surface area contributed by atoms with Crippen LogP contribution in [0.4, 0.5) is 4.39 Å². The fourth-order valence-corrected chi connectivity index (χ4v) is 5.44. The first-order valence-corrected chi connectivity index (χ1v) is 12.4. The van der Waals surface area contributed by atoms with Crippen molar-refractivity contribution in [2.24, 2.45) is 0 Å². The molecule has 1 fully saturated rings. The van der Waals surface area contributed by atoms with Crippen LogP contribution in [-0.2, 0) is 9.47 Å². The van der Waals surface area contributed by atoms with E-state index in [1.165, 1.54) is 71.7 Å². The fraction of sp³-hybridized carbons (Fsp3) is 0.333. The lowest BCUT2D eigenvalue weighted by atomic mass is 10.1. The molecule has 0 atom stereocenters. The summed E-state index contributed by atoms with van der Waals surface area (Å²) in [5.74, 6) is 0.0986. The van der Waals surface area contributed by atoms with E-state index in [1.807, 2.05) is 0 Å². The fourth-order valence-electron chi connectivity index (χ4n) is 4.25. The molecule has 1 N–H and O–H groups in total. The number of thiophene rings is 1. The first-order chi connectivity index (χ1) is 17.9. The first-order valence-electron chi connectivity index (χ1n) is 11.6. The molecule has 0 unspecified atom stereocenters. The summed E-state index contributed by atoms with van der Waals surface area (Å²) in [4.78, 5) is 28.6. The summed E-state index contributed by atoms with van der Waals surface area (Å²) >= 11 is 1.19. The molecule has 1 aliphatic heterocycles. The maximum atomic E-state index is 14.4. The minimum atomic E-state index is -0.648. The van der Waals surface area contributed by atoms with Crippen LogP contribution in [0.3, 0.4) is 0 Å². The van der Waals surface area contributed by atoms with Crippen molar-refractivity contribution < 1.29 is 18.6 Å². The molecule has 5 rings (SSSR count). The molecule has 0 radical (unpaired) electrons. The molecule has 11 nitrogen and oxygen atoms in total. The summed E-state index contributed by atoms with van der Waals surface area (Å²) in [6, 6.07) is 4.07. The van der Waals surface area contributed by atoms with Gasteiger partial charge >= 0.3 is 5.69 Å². The number of halogens is 1. The van der Waals surface area contributed by atoms with Gasteiger partial charge < -0.3 is 19.6 Å². The number of nitrogens with one attached hydrogen (secondary N) is 1. The summed E-state index contributed by atoms with van der Waals surface area (Å²) in [7, 11) is 2.95. The topological polar surface area (TPSA) is 114 Å². The molecule has 3 aromatic heterocycles. The van der Waals surface area contributed by atoms with Crippen LogP contribution in [-0.4, -0.2) is 57.7 Å². The zero-order chi connectivity index (χ0) is 26.1. The molecule has 4 heterocycles. The van der Waals surface area contributed by atoms with Gasteiger partial charge in [0.15, 0.2) is 0 Å². The molecular weight excluding hydrogens is 503 g/mol. The number of hydrogen-bond acceptors (Lipinski definition) is 9. The molecule has 37 heavy (non-hydrogen) atoms. The van der Waals surface area contributed by atoms with Gasteiger partial charge in [-0.25, -0.2) is 9.18 Å². The van der Waals surface area contributed by atoms with Crippen molar-refractivity contribution in [2.45, 2.75) is 25.9 Å². The van der Waals surface area contributed by atoms with E-state index in [0.717, 1.165) is 4.68 Å². The Morgan fingerprint density at radius 3 is 2.65 bits per heavy atom. The normalized spacial score (nSPS) is 14.8. The predicted octanol–water partition coefficient (Wildman–Crippen LogP) is 2.59. The lowest BCUT2D eigenvalue weighted by Crippen LogP contribution is -2.42. The molecule has 0 amide bonds. The Morgan fingerprint density at radius 2 is 1.97 bits per heavy atom. The number of ether oxygens (including phenoxy) is 3. The van der Waals surface area contributed by atoms with Gasteiger partial charge in [-0.3, -0.25) is 9.36 Å². The highest BCUT2D eigenvalue weighted by Crippen LogP contribution is 2.34. The predicted molar refractivity (Wildman–Crippen MR) is 137 cm³/mol. The van der Waals surface area contributed by atoms with Gasteiger partial charge in [0.1, 0.15) is 33.3 Å². The molecule has 1 aliphatic rings. The van der Waals surface area contributed by atoms with Gasteiger partial charge in [-0.1, -0.05) is 11.3 Å². The Balaban J connectivity index is 1.79. The monoisotopic (exact) mass is 528 g/mol. The molecule has 0 spiro atoms. The van der Waals surface area contributed by atoms with Gasteiger partial charge in [0, 0.05) is 25.5 Å². The molecule has 194 valence electrons. The van der Waals surface area contributed by atoms with Crippen molar-refractivity contribution in [1.82, 2.24) is 24.2 Å². The summed E-state index contributed by atoms with van der Waals surface area (Å²) in [6.45, 7) is 2.82. The third-order valence-electron chi connectivity index (χ3n) is 6.10. The Hall–Kier alpha value is -3.97. The van der Waals surface area contributed by atoms with Gasteiger partial charge in [-0.05, 0) is 25.1 Å². The van der Waals surface area contributed by atoms with Crippen molar-refractivity contribution in [3.05, 3.63) is 68.4 Å². The van der Waals surface area contributed by atoms with E-state index in [4.69, 9.17) is 14.2 Å². The largest absolute Gasteiger partial charge is 0.496 e. The molecule has 1 aromatic carbocycles. The maximum absolute atomic E-state index is 14.4. The van der Waals surface area contributed by atoms with E-state index in [9.17, 15) is 14.0 Å². The van der Waals surface area contributed by atoms with Crippen LogP contribution in [0.5, 0.6) is 5.75 Å². The summed E-state index contributed by atoms with van der Waals surface area (Å²) in [6.07, 6.45) is 5.56. The summed E-state index contributed by atoms with van der Waals surface area (Å²) in [5, 5.41) is 9.26. The second-order valence-electron chi connectivity index (χ2n) is 8.32. The zero-order valence-corrected chi connectivity index (χ0v) is 21.2. The van der Waals surface area contributed by atoms with Gasteiger partial charge in [0.2, 0.25) is 0 Å². The number of methoxy groups -OCH3 is 1. The average Bonchev–Trinajstić information content (AvgIpc) is 3.55. The SMILES string of the molecule is CNn1c(=O)c2c(C)c(-n3nccn3)sc2n(C=C(OC2CCOCC2)c2cc(F)ccc2OC)c1=O. The van der Waals surface area contributed by atoms with Gasteiger partial charge in [-0.2, -0.15) is 14.9 Å². The van der Waals surface area contributed by atoms with E-state index >= 15 is 0 Å². The van der Waals surface area contributed by atoms with E-state index in [1.54, 1.807) is 6.92 Å². The number of aryl methyl sites for hydroxylation is 1. The van der Waals surface area contributed by atoms with E-state index in [-0.39, 0.29) is 11.9 Å². The second kappa shape index (κ2) is 10.2. The van der Waals surface area contributed by atoms with Crippen molar-refractivity contribution in [1.29, 1.82) is 0 Å². The minimum absolute atomic E-state index is 0.219. The van der Waals surface area contributed by atoms with Crippen LogP contribution >= 0.6 is 11.3 Å². The van der Waals surface area contributed by atoms with E-state index in [2.05, 4.69) is 15.6 Å². The van der Waals surface area contributed by atoms with E-state index in [0.29, 0.717) is 58.1 Å². The third kappa shape index (κ3) is 4.51. The highest BCUT2D eigenvalue weighted by atomic mass is 32.1.